The van der Waals surface area contributed by atoms with Crippen molar-refractivity contribution in [3.63, 3.8) is 0 Å². The number of allylic oxidation sites excluding steroid dienone is 4. The summed E-state index contributed by atoms with van der Waals surface area (Å²) in [6.45, 7) is 9.13. The molecule has 5 heteroatoms. The maximum atomic E-state index is 12.1. The lowest BCUT2D eigenvalue weighted by molar-refractivity contribution is -0.116. The van der Waals surface area contributed by atoms with Crippen LogP contribution in [0.15, 0.2) is 37.0 Å². The van der Waals surface area contributed by atoms with E-state index in [-0.39, 0.29) is 5.91 Å². The largest absolute Gasteiger partial charge is 0.317 e. The molecule has 1 aliphatic rings. The average molecular weight is 313 g/mol. The van der Waals surface area contributed by atoms with Crippen molar-refractivity contribution in [2.24, 2.45) is 0 Å². The Bertz CT molecular complexity index is 664. The van der Waals surface area contributed by atoms with E-state index in [2.05, 4.69) is 29.9 Å². The van der Waals surface area contributed by atoms with E-state index in [1.807, 2.05) is 6.08 Å². The second-order valence-electron chi connectivity index (χ2n) is 5.05. The third-order valence-corrected chi connectivity index (χ3v) is 4.58. The van der Waals surface area contributed by atoms with Crippen molar-refractivity contribution in [3.05, 3.63) is 53.0 Å². The molecular weight excluding hydrogens is 294 g/mol. The van der Waals surface area contributed by atoms with Gasteiger partial charge in [0.15, 0.2) is 0 Å². The fourth-order valence-electron chi connectivity index (χ4n) is 2.29. The first kappa shape index (κ1) is 16.2. The van der Waals surface area contributed by atoms with Crippen molar-refractivity contribution in [1.82, 2.24) is 5.32 Å². The van der Waals surface area contributed by atoms with Crippen LogP contribution in [-0.4, -0.2) is 12.5 Å². The van der Waals surface area contributed by atoms with Gasteiger partial charge in [-0.25, -0.2) is 0 Å². The zero-order chi connectivity index (χ0) is 15.9. The number of hydrogen-bond donors (Lipinski definition) is 2. The lowest BCUT2D eigenvalue weighted by Gasteiger charge is -2.11. The summed E-state index contributed by atoms with van der Waals surface area (Å²) in [5, 5.41) is 16.2. The van der Waals surface area contributed by atoms with E-state index in [1.165, 1.54) is 11.3 Å². The number of rotatable bonds is 6. The number of thiophene rings is 1. The Balaban J connectivity index is 1.99. The Morgan fingerprint density at radius 1 is 1.50 bits per heavy atom. The molecule has 0 fully saturated rings. The standard InChI is InChI=1S/C17H19N3OS/c1-3-4-5-12(2)6-7-16(21)20-17-14(10-18)13-8-9-19-11-15(13)22-17/h3-5,19H,1-2,6-9,11H2,(H,20,21)/b5-4-. The van der Waals surface area contributed by atoms with Crippen molar-refractivity contribution in [2.45, 2.75) is 25.8 Å². The van der Waals surface area contributed by atoms with Crippen LogP contribution in [0.2, 0.25) is 0 Å². The van der Waals surface area contributed by atoms with Crippen molar-refractivity contribution < 1.29 is 4.79 Å². The van der Waals surface area contributed by atoms with E-state index in [1.54, 1.807) is 12.2 Å². The fourth-order valence-corrected chi connectivity index (χ4v) is 3.48. The van der Waals surface area contributed by atoms with Crippen LogP contribution in [0.1, 0.15) is 28.8 Å². The Kier molecular flexibility index (Phi) is 5.70. The van der Waals surface area contributed by atoms with Crippen LogP contribution in [0.5, 0.6) is 0 Å². The number of carbonyl (C=O) groups excluding carboxylic acids is 1. The molecule has 1 aromatic heterocycles. The molecule has 1 amide bonds. The topological polar surface area (TPSA) is 64.9 Å². The summed E-state index contributed by atoms with van der Waals surface area (Å²) in [5.41, 5.74) is 2.59. The highest BCUT2D eigenvalue weighted by Gasteiger charge is 2.21. The third kappa shape index (κ3) is 3.94. The Labute approximate surface area is 134 Å². The molecule has 0 saturated heterocycles. The fraction of sp³-hybridized carbons (Fsp3) is 0.294. The maximum Gasteiger partial charge on any atom is 0.225 e. The third-order valence-electron chi connectivity index (χ3n) is 3.43. The highest BCUT2D eigenvalue weighted by molar-refractivity contribution is 7.16. The monoisotopic (exact) mass is 313 g/mol. The summed E-state index contributed by atoms with van der Waals surface area (Å²) in [5.74, 6) is -0.0868. The number of hydrogen-bond acceptors (Lipinski definition) is 4. The van der Waals surface area contributed by atoms with Gasteiger partial charge in [-0.2, -0.15) is 5.26 Å². The van der Waals surface area contributed by atoms with E-state index >= 15 is 0 Å². The first-order valence-electron chi connectivity index (χ1n) is 7.17. The van der Waals surface area contributed by atoms with Crippen LogP contribution in [-0.2, 0) is 17.8 Å². The molecule has 0 bridgehead atoms. The van der Waals surface area contributed by atoms with Crippen LogP contribution in [0.3, 0.4) is 0 Å². The van der Waals surface area contributed by atoms with Crippen LogP contribution >= 0.6 is 11.3 Å². The van der Waals surface area contributed by atoms with Gasteiger partial charge in [-0.05, 0) is 24.9 Å². The summed E-state index contributed by atoms with van der Waals surface area (Å²) in [7, 11) is 0. The van der Waals surface area contributed by atoms with E-state index in [4.69, 9.17) is 0 Å². The van der Waals surface area contributed by atoms with Gasteiger partial charge in [-0.3, -0.25) is 4.79 Å². The Morgan fingerprint density at radius 3 is 3.05 bits per heavy atom. The van der Waals surface area contributed by atoms with E-state index in [9.17, 15) is 10.1 Å². The molecule has 1 aliphatic heterocycles. The van der Waals surface area contributed by atoms with Gasteiger partial charge in [-0.1, -0.05) is 37.0 Å². The lowest BCUT2D eigenvalue weighted by atomic mass is 10.0. The van der Waals surface area contributed by atoms with Crippen LogP contribution in [0.25, 0.3) is 0 Å². The number of anilines is 1. The Hall–Kier alpha value is -2.16. The maximum absolute atomic E-state index is 12.1. The van der Waals surface area contributed by atoms with E-state index < -0.39 is 0 Å². The van der Waals surface area contributed by atoms with Gasteiger partial charge >= 0.3 is 0 Å². The van der Waals surface area contributed by atoms with Crippen LogP contribution in [0, 0.1) is 11.3 Å². The molecule has 2 heterocycles. The predicted octanol–water partition coefficient (Wildman–Crippen LogP) is 3.28. The van der Waals surface area contributed by atoms with Crippen molar-refractivity contribution in [3.8, 4) is 6.07 Å². The predicted molar refractivity (Wildman–Crippen MR) is 90.8 cm³/mol. The summed E-state index contributed by atoms with van der Waals surface area (Å²) < 4.78 is 0. The van der Waals surface area contributed by atoms with Gasteiger partial charge in [-0.15, -0.1) is 11.3 Å². The molecule has 0 radical (unpaired) electrons. The molecule has 1 aromatic rings. The lowest BCUT2D eigenvalue weighted by Crippen LogP contribution is -2.22. The van der Waals surface area contributed by atoms with Gasteiger partial charge in [0, 0.05) is 17.8 Å². The number of fused-ring (bicyclic) bond motifs is 1. The summed E-state index contributed by atoms with van der Waals surface area (Å²) in [6.07, 6.45) is 7.10. The molecule has 0 atom stereocenters. The van der Waals surface area contributed by atoms with Gasteiger partial charge in [0.2, 0.25) is 5.91 Å². The summed E-state index contributed by atoms with van der Waals surface area (Å²) in [4.78, 5) is 13.2. The number of nitrogens with zero attached hydrogens (tertiary/aromatic N) is 1. The van der Waals surface area contributed by atoms with Gasteiger partial charge in [0.05, 0.1) is 5.56 Å². The number of nitrogens with one attached hydrogen (secondary N) is 2. The zero-order valence-corrected chi connectivity index (χ0v) is 13.3. The molecule has 22 heavy (non-hydrogen) atoms. The highest BCUT2D eigenvalue weighted by Crippen LogP contribution is 2.34. The molecule has 114 valence electrons. The molecule has 4 nitrogen and oxygen atoms in total. The van der Waals surface area contributed by atoms with Crippen molar-refractivity contribution in [1.29, 1.82) is 5.26 Å². The number of amides is 1. The molecule has 2 N–H and O–H groups in total. The normalized spacial score (nSPS) is 13.4. The second-order valence-corrected chi connectivity index (χ2v) is 6.15. The summed E-state index contributed by atoms with van der Waals surface area (Å²) in [6, 6.07) is 2.23. The Morgan fingerprint density at radius 2 is 2.32 bits per heavy atom. The zero-order valence-electron chi connectivity index (χ0n) is 12.4. The molecule has 0 saturated carbocycles. The smallest absolute Gasteiger partial charge is 0.225 e. The molecule has 0 spiro atoms. The van der Waals surface area contributed by atoms with Gasteiger partial charge in [0.1, 0.15) is 11.1 Å². The van der Waals surface area contributed by atoms with Crippen LogP contribution < -0.4 is 10.6 Å². The first-order chi connectivity index (χ1) is 10.7. The minimum absolute atomic E-state index is 0.0868. The number of carbonyl (C=O) groups is 1. The quantitative estimate of drug-likeness (QED) is 0.792. The summed E-state index contributed by atoms with van der Waals surface area (Å²) >= 11 is 1.50. The number of nitriles is 1. The van der Waals surface area contributed by atoms with Crippen LogP contribution in [0.4, 0.5) is 5.00 Å². The molecule has 0 aliphatic carbocycles. The minimum Gasteiger partial charge on any atom is -0.317 e. The van der Waals surface area contributed by atoms with Crippen molar-refractivity contribution >= 4 is 22.2 Å². The second kappa shape index (κ2) is 7.74. The average Bonchev–Trinajstić information content (AvgIpc) is 2.87. The SMILES string of the molecule is C=C/C=C\C(=C)CCC(=O)Nc1sc2c(c1C#N)CCNC2. The molecule has 2 rings (SSSR count). The van der Waals surface area contributed by atoms with E-state index in [0.717, 1.165) is 35.5 Å². The van der Waals surface area contributed by atoms with Crippen molar-refractivity contribution in [2.75, 3.05) is 11.9 Å². The first-order valence-corrected chi connectivity index (χ1v) is 7.99. The highest BCUT2D eigenvalue weighted by atomic mass is 32.1. The van der Waals surface area contributed by atoms with Gasteiger partial charge in [0.25, 0.3) is 0 Å². The molecule has 0 unspecified atom stereocenters. The molecule has 0 aromatic carbocycles. The van der Waals surface area contributed by atoms with E-state index in [0.29, 0.717) is 23.4 Å². The van der Waals surface area contributed by atoms with Gasteiger partial charge < -0.3 is 10.6 Å². The molecular formula is C17H19N3OS. The minimum atomic E-state index is -0.0868.